The first kappa shape index (κ1) is 15.8. The van der Waals surface area contributed by atoms with E-state index >= 15 is 0 Å². The maximum Gasteiger partial charge on any atom is 0.305 e. The Bertz CT molecular complexity index is 611. The lowest BCUT2D eigenvalue weighted by molar-refractivity contribution is -0.137. The molecule has 4 heteroatoms. The van der Waals surface area contributed by atoms with E-state index in [0.29, 0.717) is 12.8 Å². The van der Waals surface area contributed by atoms with Crippen LogP contribution in [0, 0.1) is 0 Å². The normalized spacial score (nSPS) is 11.6. The van der Waals surface area contributed by atoms with Gasteiger partial charge >= 0.3 is 5.97 Å². The summed E-state index contributed by atoms with van der Waals surface area (Å²) in [5.41, 5.74) is 1.89. The van der Waals surface area contributed by atoms with Crippen LogP contribution >= 0.6 is 0 Å². The van der Waals surface area contributed by atoms with Gasteiger partial charge in [0, 0.05) is 6.42 Å². The van der Waals surface area contributed by atoms with Crippen molar-refractivity contribution in [1.29, 1.82) is 0 Å². The van der Waals surface area contributed by atoms with Gasteiger partial charge in [-0.1, -0.05) is 60.7 Å². The van der Waals surface area contributed by atoms with E-state index in [2.05, 4.69) is 5.32 Å². The molecule has 0 heterocycles. The lowest BCUT2D eigenvalue weighted by Gasteiger charge is -2.17. The van der Waals surface area contributed by atoms with Crippen LogP contribution in [-0.2, 0) is 16.0 Å². The average molecular weight is 297 g/mol. The van der Waals surface area contributed by atoms with Crippen molar-refractivity contribution in [2.45, 2.75) is 25.3 Å². The molecular weight excluding hydrogens is 278 g/mol. The summed E-state index contributed by atoms with van der Waals surface area (Å²) in [6, 6.07) is 18.4. The zero-order chi connectivity index (χ0) is 15.8. The maximum atomic E-state index is 12.1. The summed E-state index contributed by atoms with van der Waals surface area (Å²) in [6.45, 7) is 0. The quantitative estimate of drug-likeness (QED) is 0.825. The molecule has 0 saturated carbocycles. The maximum absolute atomic E-state index is 12.1. The minimum Gasteiger partial charge on any atom is -0.481 e. The summed E-state index contributed by atoms with van der Waals surface area (Å²) in [6.07, 6.45) is 0.856. The second kappa shape index (κ2) is 7.98. The number of hydrogen-bond donors (Lipinski definition) is 2. The number of carbonyl (C=O) groups is 2. The predicted molar refractivity (Wildman–Crippen MR) is 84.3 cm³/mol. The smallest absolute Gasteiger partial charge is 0.305 e. The second-order valence-corrected chi connectivity index (χ2v) is 5.11. The van der Waals surface area contributed by atoms with Gasteiger partial charge in [0.2, 0.25) is 5.91 Å². The van der Waals surface area contributed by atoms with Crippen LogP contribution in [0.1, 0.15) is 30.0 Å². The summed E-state index contributed by atoms with van der Waals surface area (Å²) in [7, 11) is 0. The van der Waals surface area contributed by atoms with Crippen molar-refractivity contribution in [3.8, 4) is 0 Å². The zero-order valence-electron chi connectivity index (χ0n) is 12.2. The molecule has 2 rings (SSSR count). The molecule has 0 bridgehead atoms. The van der Waals surface area contributed by atoms with Crippen molar-refractivity contribution in [2.75, 3.05) is 0 Å². The second-order valence-electron chi connectivity index (χ2n) is 5.11. The van der Waals surface area contributed by atoms with E-state index in [1.807, 2.05) is 60.7 Å². The highest BCUT2D eigenvalue weighted by molar-refractivity contribution is 5.78. The number of rotatable bonds is 7. The third kappa shape index (κ3) is 5.05. The highest BCUT2D eigenvalue weighted by Crippen LogP contribution is 2.17. The fraction of sp³-hybridized carbons (Fsp3) is 0.222. The predicted octanol–water partition coefficient (Wildman–Crippen LogP) is 2.95. The van der Waals surface area contributed by atoms with Gasteiger partial charge in [-0.05, 0) is 17.5 Å². The molecule has 2 N–H and O–H groups in total. The van der Waals surface area contributed by atoms with Crippen molar-refractivity contribution in [2.24, 2.45) is 0 Å². The molecule has 22 heavy (non-hydrogen) atoms. The molecule has 2 aromatic rings. The molecule has 0 spiro atoms. The van der Waals surface area contributed by atoms with Crippen molar-refractivity contribution in [3.63, 3.8) is 0 Å². The Morgan fingerprint density at radius 2 is 1.55 bits per heavy atom. The molecular formula is C18H19NO3. The molecule has 1 amide bonds. The molecule has 1 atom stereocenters. The number of aliphatic carboxylic acids is 1. The largest absolute Gasteiger partial charge is 0.481 e. The third-order valence-corrected chi connectivity index (χ3v) is 3.40. The lowest BCUT2D eigenvalue weighted by atomic mass is 10.0. The van der Waals surface area contributed by atoms with Gasteiger partial charge < -0.3 is 10.4 Å². The van der Waals surface area contributed by atoms with E-state index in [9.17, 15) is 9.59 Å². The number of carbonyl (C=O) groups excluding carboxylic acids is 1. The summed E-state index contributed by atoms with van der Waals surface area (Å²) in [5.74, 6) is -1.07. The number of carboxylic acids is 1. The summed E-state index contributed by atoms with van der Waals surface area (Å²) in [4.78, 5) is 23.1. The van der Waals surface area contributed by atoms with Crippen molar-refractivity contribution in [3.05, 3.63) is 71.8 Å². The van der Waals surface area contributed by atoms with E-state index in [1.165, 1.54) is 0 Å². The van der Waals surface area contributed by atoms with E-state index in [-0.39, 0.29) is 12.3 Å². The van der Waals surface area contributed by atoms with Crippen LogP contribution in [0.3, 0.4) is 0 Å². The summed E-state index contributed by atoms with van der Waals surface area (Å²) >= 11 is 0. The molecule has 0 radical (unpaired) electrons. The topological polar surface area (TPSA) is 66.4 Å². The minimum absolute atomic E-state index is 0.124. The Labute approximate surface area is 129 Å². The lowest BCUT2D eigenvalue weighted by Crippen LogP contribution is -2.30. The summed E-state index contributed by atoms with van der Waals surface area (Å²) in [5, 5.41) is 11.8. The zero-order valence-corrected chi connectivity index (χ0v) is 12.2. The molecule has 0 saturated heterocycles. The minimum atomic E-state index is -0.933. The standard InChI is InChI=1S/C18H19NO3/c20-17(12-11-14-7-3-1-4-8-14)19-16(13-18(21)22)15-9-5-2-6-10-15/h1-10,16H,11-13H2,(H,19,20)(H,21,22). The fourth-order valence-corrected chi connectivity index (χ4v) is 2.28. The van der Waals surface area contributed by atoms with Crippen molar-refractivity contribution >= 4 is 11.9 Å². The Balaban J connectivity index is 1.95. The molecule has 4 nitrogen and oxygen atoms in total. The molecule has 0 aromatic heterocycles. The molecule has 114 valence electrons. The Morgan fingerprint density at radius 3 is 2.14 bits per heavy atom. The van der Waals surface area contributed by atoms with Gasteiger partial charge in [0.05, 0.1) is 12.5 Å². The molecule has 0 aliphatic carbocycles. The van der Waals surface area contributed by atoms with Crippen LogP contribution in [0.15, 0.2) is 60.7 Å². The van der Waals surface area contributed by atoms with E-state index in [4.69, 9.17) is 5.11 Å². The Kier molecular flexibility index (Phi) is 5.72. The van der Waals surface area contributed by atoms with E-state index < -0.39 is 12.0 Å². The van der Waals surface area contributed by atoms with Gasteiger partial charge in [-0.3, -0.25) is 9.59 Å². The number of carboxylic acid groups (broad SMARTS) is 1. The molecule has 2 aromatic carbocycles. The van der Waals surface area contributed by atoms with Gasteiger partial charge in [-0.2, -0.15) is 0 Å². The van der Waals surface area contributed by atoms with Gasteiger partial charge in [-0.15, -0.1) is 0 Å². The van der Waals surface area contributed by atoms with Crippen LogP contribution in [0.5, 0.6) is 0 Å². The van der Waals surface area contributed by atoms with Crippen LogP contribution < -0.4 is 5.32 Å². The third-order valence-electron chi connectivity index (χ3n) is 3.40. The average Bonchev–Trinajstić information content (AvgIpc) is 2.54. The number of nitrogens with one attached hydrogen (secondary N) is 1. The van der Waals surface area contributed by atoms with Crippen molar-refractivity contribution < 1.29 is 14.7 Å². The molecule has 0 aliphatic rings. The SMILES string of the molecule is O=C(O)CC(NC(=O)CCc1ccccc1)c1ccccc1. The highest BCUT2D eigenvalue weighted by Gasteiger charge is 2.17. The van der Waals surface area contributed by atoms with E-state index in [1.54, 1.807) is 0 Å². The van der Waals surface area contributed by atoms with Gasteiger partial charge in [-0.25, -0.2) is 0 Å². The van der Waals surface area contributed by atoms with Gasteiger partial charge in [0.25, 0.3) is 0 Å². The van der Waals surface area contributed by atoms with Crippen LogP contribution in [0.25, 0.3) is 0 Å². The Hall–Kier alpha value is -2.62. The van der Waals surface area contributed by atoms with Crippen molar-refractivity contribution in [1.82, 2.24) is 5.32 Å². The number of amides is 1. The molecule has 1 unspecified atom stereocenters. The van der Waals surface area contributed by atoms with Crippen LogP contribution in [0.4, 0.5) is 0 Å². The monoisotopic (exact) mass is 297 g/mol. The first-order valence-corrected chi connectivity index (χ1v) is 7.25. The van der Waals surface area contributed by atoms with Crippen LogP contribution in [0.2, 0.25) is 0 Å². The number of benzene rings is 2. The van der Waals surface area contributed by atoms with Gasteiger partial charge in [0.1, 0.15) is 0 Å². The first-order valence-electron chi connectivity index (χ1n) is 7.25. The highest BCUT2D eigenvalue weighted by atomic mass is 16.4. The summed E-state index contributed by atoms with van der Waals surface area (Å²) < 4.78 is 0. The molecule has 0 aliphatic heterocycles. The number of hydrogen-bond acceptors (Lipinski definition) is 2. The Morgan fingerprint density at radius 1 is 0.955 bits per heavy atom. The van der Waals surface area contributed by atoms with Gasteiger partial charge in [0.15, 0.2) is 0 Å². The first-order chi connectivity index (χ1) is 10.6. The number of aryl methyl sites for hydroxylation is 1. The fourth-order valence-electron chi connectivity index (χ4n) is 2.28. The molecule has 0 fully saturated rings. The van der Waals surface area contributed by atoms with E-state index in [0.717, 1.165) is 11.1 Å². The van der Waals surface area contributed by atoms with Crippen LogP contribution in [-0.4, -0.2) is 17.0 Å².